The minimum Gasteiger partial charge on any atom is -0.496 e. The molecule has 1 atom stereocenters. The van der Waals surface area contributed by atoms with Gasteiger partial charge in [-0.1, -0.05) is 23.7 Å². The molecule has 0 N–H and O–H groups in total. The quantitative estimate of drug-likeness (QED) is 0.559. The number of benzene rings is 2. The number of carbonyl (C=O) groups is 2. The largest absolute Gasteiger partial charge is 0.496 e. The van der Waals surface area contributed by atoms with Crippen molar-refractivity contribution >= 4 is 29.1 Å². The highest BCUT2D eigenvalue weighted by Gasteiger charge is 2.39. The third-order valence-electron chi connectivity index (χ3n) is 8.27. The molecule has 2 aromatic carbocycles. The first-order valence-corrected chi connectivity index (χ1v) is 13.8. The van der Waals surface area contributed by atoms with Crippen LogP contribution < -0.4 is 14.4 Å². The molecule has 1 unspecified atom stereocenters. The number of hydrogen-bond donors (Lipinski definition) is 0. The van der Waals surface area contributed by atoms with E-state index in [1.165, 1.54) is 0 Å². The second-order valence-electron chi connectivity index (χ2n) is 10.5. The topological polar surface area (TPSA) is 65.6 Å². The van der Waals surface area contributed by atoms with Crippen molar-refractivity contribution in [1.29, 1.82) is 0 Å². The first-order valence-electron chi connectivity index (χ1n) is 13.4. The number of nitrogens with zero attached hydrogens (tertiary/aromatic N) is 4. The van der Waals surface area contributed by atoms with Crippen molar-refractivity contribution in [1.82, 2.24) is 14.7 Å². The number of ether oxygens (including phenoxy) is 2. The number of fused-ring (bicyclic) bond motifs is 1. The Balaban J connectivity index is 1.27. The number of hydrogen-bond acceptors (Lipinski definition) is 6. The molecule has 8 nitrogen and oxygen atoms in total. The summed E-state index contributed by atoms with van der Waals surface area (Å²) >= 11 is 6.35. The van der Waals surface area contributed by atoms with E-state index in [-0.39, 0.29) is 30.2 Å². The predicted octanol–water partition coefficient (Wildman–Crippen LogP) is 3.44. The number of amides is 2. The van der Waals surface area contributed by atoms with Crippen molar-refractivity contribution in [3.8, 4) is 11.5 Å². The lowest BCUT2D eigenvalue weighted by molar-refractivity contribution is -0.134. The molecule has 2 aromatic rings. The van der Waals surface area contributed by atoms with Crippen LogP contribution in [0.5, 0.6) is 11.5 Å². The molecular weight excluding hydrogens is 504 g/mol. The van der Waals surface area contributed by atoms with Crippen LogP contribution in [-0.2, 0) is 9.59 Å². The van der Waals surface area contributed by atoms with Gasteiger partial charge in [0, 0.05) is 62.1 Å². The molecule has 0 radical (unpaired) electrons. The van der Waals surface area contributed by atoms with Gasteiger partial charge in [-0.2, -0.15) is 0 Å². The monoisotopic (exact) mass is 540 g/mol. The fraction of sp³-hybridized carbons (Fsp3) is 0.517. The third-order valence-corrected chi connectivity index (χ3v) is 8.51. The van der Waals surface area contributed by atoms with Crippen molar-refractivity contribution in [2.45, 2.75) is 24.7 Å². The maximum absolute atomic E-state index is 13.8. The normalized spacial score (nSPS) is 20.4. The highest BCUT2D eigenvalue weighted by atomic mass is 35.5. The van der Waals surface area contributed by atoms with Gasteiger partial charge in [0.15, 0.2) is 0 Å². The van der Waals surface area contributed by atoms with Gasteiger partial charge in [0.2, 0.25) is 11.8 Å². The Bertz CT molecular complexity index is 1150. The number of rotatable bonds is 6. The zero-order valence-corrected chi connectivity index (χ0v) is 23.2. The van der Waals surface area contributed by atoms with Crippen LogP contribution in [0.15, 0.2) is 36.4 Å². The molecule has 0 saturated carbocycles. The van der Waals surface area contributed by atoms with Crippen LogP contribution in [0.4, 0.5) is 5.69 Å². The van der Waals surface area contributed by atoms with Crippen LogP contribution in [0, 0.1) is 0 Å². The number of methoxy groups -OCH3 is 2. The van der Waals surface area contributed by atoms with Crippen molar-refractivity contribution in [2.24, 2.45) is 0 Å². The molecule has 2 amide bonds. The fourth-order valence-electron chi connectivity index (χ4n) is 6.07. The van der Waals surface area contributed by atoms with Gasteiger partial charge >= 0.3 is 0 Å². The molecule has 3 aliphatic heterocycles. The van der Waals surface area contributed by atoms with Crippen molar-refractivity contribution < 1.29 is 19.1 Å². The van der Waals surface area contributed by atoms with Gasteiger partial charge in [-0.15, -0.1) is 0 Å². The first kappa shape index (κ1) is 26.6. The average molecular weight is 541 g/mol. The van der Waals surface area contributed by atoms with Gasteiger partial charge in [-0.25, -0.2) is 0 Å². The summed E-state index contributed by atoms with van der Waals surface area (Å²) in [7, 11) is 5.44. The van der Waals surface area contributed by atoms with E-state index in [9.17, 15) is 9.59 Å². The summed E-state index contributed by atoms with van der Waals surface area (Å²) in [5, 5.41) is 0.612. The zero-order chi connectivity index (χ0) is 26.8. The fourth-order valence-corrected chi connectivity index (χ4v) is 6.24. The van der Waals surface area contributed by atoms with E-state index in [1.807, 2.05) is 51.1 Å². The van der Waals surface area contributed by atoms with Gasteiger partial charge in [-0.05, 0) is 55.6 Å². The second-order valence-corrected chi connectivity index (χ2v) is 10.9. The van der Waals surface area contributed by atoms with Crippen LogP contribution in [0.1, 0.15) is 35.8 Å². The van der Waals surface area contributed by atoms with Crippen LogP contribution >= 0.6 is 11.6 Å². The van der Waals surface area contributed by atoms with Crippen molar-refractivity contribution in [3.05, 3.63) is 52.5 Å². The Kier molecular flexibility index (Phi) is 8.00. The van der Waals surface area contributed by atoms with E-state index >= 15 is 0 Å². The highest BCUT2D eigenvalue weighted by molar-refractivity contribution is 6.31. The van der Waals surface area contributed by atoms with E-state index in [0.29, 0.717) is 24.7 Å². The Morgan fingerprint density at radius 3 is 2.21 bits per heavy atom. The van der Waals surface area contributed by atoms with E-state index < -0.39 is 0 Å². The van der Waals surface area contributed by atoms with Gasteiger partial charge in [0.05, 0.1) is 26.7 Å². The molecule has 5 rings (SSSR count). The van der Waals surface area contributed by atoms with Crippen molar-refractivity contribution in [2.75, 3.05) is 78.5 Å². The summed E-state index contributed by atoms with van der Waals surface area (Å²) in [6, 6.07) is 11.5. The molecule has 0 bridgehead atoms. The van der Waals surface area contributed by atoms with Crippen LogP contribution in [-0.4, -0.2) is 100 Å². The Labute approximate surface area is 230 Å². The number of carbonyl (C=O) groups excluding carboxylic acids is 2. The summed E-state index contributed by atoms with van der Waals surface area (Å²) in [6.07, 6.45) is 1.68. The second kappa shape index (κ2) is 11.4. The van der Waals surface area contributed by atoms with Gasteiger partial charge in [0.1, 0.15) is 11.5 Å². The first-order chi connectivity index (χ1) is 18.4. The number of halogens is 1. The molecule has 38 heavy (non-hydrogen) atoms. The summed E-state index contributed by atoms with van der Waals surface area (Å²) < 4.78 is 11.3. The number of anilines is 1. The summed E-state index contributed by atoms with van der Waals surface area (Å²) in [5.41, 5.74) is 2.94. The van der Waals surface area contributed by atoms with E-state index in [0.717, 1.165) is 67.3 Å². The minimum absolute atomic E-state index is 0.101. The maximum atomic E-state index is 13.8. The molecule has 0 aromatic heterocycles. The molecule has 0 aliphatic carbocycles. The molecule has 9 heteroatoms. The molecular formula is C29H37ClN4O4. The van der Waals surface area contributed by atoms with E-state index in [2.05, 4.69) is 11.9 Å². The molecule has 3 aliphatic rings. The number of likely N-dealkylation sites (tertiary alicyclic amines) is 1. The Hall–Kier alpha value is -2.97. The lowest BCUT2D eigenvalue weighted by Crippen LogP contribution is -2.50. The lowest BCUT2D eigenvalue weighted by Gasteiger charge is -2.35. The highest BCUT2D eigenvalue weighted by Crippen LogP contribution is 2.42. The summed E-state index contributed by atoms with van der Waals surface area (Å²) in [4.78, 5) is 35.1. The predicted molar refractivity (Wildman–Crippen MR) is 149 cm³/mol. The van der Waals surface area contributed by atoms with Gasteiger partial charge in [-0.3, -0.25) is 9.59 Å². The standard InChI is InChI=1S/C29H37ClN4O4/c1-31-13-15-32(16-14-31)27(35)19-34-18-23(22-8-7-21(30)17-24(22)34)29(36)33-11-9-20(10-12-33)28-25(37-2)5-4-6-26(28)38-3/h4-8,17,20,23H,9-16,18-19H2,1-3H3. The number of likely N-dealkylation sites (N-methyl/N-ethyl adjacent to an activating group) is 1. The zero-order valence-electron chi connectivity index (χ0n) is 22.5. The summed E-state index contributed by atoms with van der Waals surface area (Å²) in [6.45, 7) is 5.33. The van der Waals surface area contributed by atoms with Gasteiger partial charge in [0.25, 0.3) is 0 Å². The van der Waals surface area contributed by atoms with Gasteiger partial charge < -0.3 is 29.1 Å². The maximum Gasteiger partial charge on any atom is 0.242 e. The van der Waals surface area contributed by atoms with E-state index in [4.69, 9.17) is 21.1 Å². The third kappa shape index (κ3) is 5.29. The summed E-state index contributed by atoms with van der Waals surface area (Å²) in [5.74, 6) is 1.84. The smallest absolute Gasteiger partial charge is 0.242 e. The molecule has 0 spiro atoms. The number of piperidine rings is 1. The molecule has 2 fully saturated rings. The Morgan fingerprint density at radius 1 is 0.921 bits per heavy atom. The van der Waals surface area contributed by atoms with Crippen LogP contribution in [0.3, 0.4) is 0 Å². The molecule has 3 heterocycles. The average Bonchev–Trinajstić information content (AvgIpc) is 3.29. The molecule has 2 saturated heterocycles. The van der Waals surface area contributed by atoms with Crippen LogP contribution in [0.25, 0.3) is 0 Å². The molecule has 204 valence electrons. The Morgan fingerprint density at radius 2 is 1.58 bits per heavy atom. The number of piperazine rings is 1. The van der Waals surface area contributed by atoms with E-state index in [1.54, 1.807) is 14.2 Å². The van der Waals surface area contributed by atoms with Crippen molar-refractivity contribution in [3.63, 3.8) is 0 Å². The lowest BCUT2D eigenvalue weighted by atomic mass is 9.87. The van der Waals surface area contributed by atoms with Crippen LogP contribution in [0.2, 0.25) is 5.02 Å². The minimum atomic E-state index is -0.306. The SMILES string of the molecule is COc1cccc(OC)c1C1CCN(C(=O)C2CN(CC(=O)N3CCN(C)CC3)c3cc(Cl)ccc32)CC1.